The molecule has 1 aromatic rings. The lowest BCUT2D eigenvalue weighted by Crippen LogP contribution is -2.33. The smallest absolute Gasteiger partial charge is 0.340 e. The third-order valence-electron chi connectivity index (χ3n) is 8.73. The number of rotatable bonds is 14. The summed E-state index contributed by atoms with van der Waals surface area (Å²) in [4.78, 5) is 0. The Labute approximate surface area is 216 Å². The molecule has 0 radical (unpaired) electrons. The van der Waals surface area contributed by atoms with Crippen molar-refractivity contribution in [1.29, 1.82) is 0 Å². The van der Waals surface area contributed by atoms with Gasteiger partial charge >= 0.3 is 12.3 Å². The Morgan fingerprint density at radius 1 is 0.944 bits per heavy atom. The summed E-state index contributed by atoms with van der Waals surface area (Å²) in [5.41, 5.74) is 0.776. The summed E-state index contributed by atoms with van der Waals surface area (Å²) in [7, 11) is -0.417. The van der Waals surface area contributed by atoms with Crippen molar-refractivity contribution in [2.45, 2.75) is 121 Å². The van der Waals surface area contributed by atoms with Gasteiger partial charge in [-0.3, -0.25) is 0 Å². The molecule has 1 aliphatic carbocycles. The molecule has 1 heterocycles. The van der Waals surface area contributed by atoms with Crippen LogP contribution in [0.3, 0.4) is 0 Å². The number of hydrogen-bond donors (Lipinski definition) is 0. The number of unbranched alkanes of at least 4 members (excludes halogenated alkanes) is 3. The van der Waals surface area contributed by atoms with Crippen molar-refractivity contribution in [3.05, 3.63) is 29.6 Å². The van der Waals surface area contributed by atoms with E-state index in [4.69, 9.17) is 0 Å². The van der Waals surface area contributed by atoms with Crippen LogP contribution >= 0.6 is 0 Å². The first-order chi connectivity index (χ1) is 17.3. The van der Waals surface area contributed by atoms with Crippen LogP contribution in [-0.2, 0) is 6.42 Å². The topological polar surface area (TPSA) is 9.23 Å². The summed E-state index contributed by atoms with van der Waals surface area (Å²) in [6.07, 6.45) is 12.9. The average molecular weight is 533 g/mol. The molecule has 2 aliphatic rings. The Balaban J connectivity index is 1.28. The van der Waals surface area contributed by atoms with Gasteiger partial charge in [0.15, 0.2) is 18.2 Å². The number of halogens is 5. The molecule has 0 N–H and O–H groups in total. The number of hydrogen-bond acceptors (Lipinski definition) is 1. The molecular weight excluding hydrogens is 487 g/mol. The van der Waals surface area contributed by atoms with E-state index < -0.39 is 39.3 Å². The first kappa shape index (κ1) is 29.4. The molecule has 7 heteroatoms. The molecule has 1 nitrogen and oxygen atoms in total. The third-order valence-corrected chi connectivity index (χ3v) is 12.3. The van der Waals surface area contributed by atoms with Gasteiger partial charge < -0.3 is 4.74 Å². The zero-order valence-corrected chi connectivity index (χ0v) is 23.1. The van der Waals surface area contributed by atoms with Crippen molar-refractivity contribution < 1.29 is 26.7 Å². The van der Waals surface area contributed by atoms with Crippen molar-refractivity contribution in [3.63, 3.8) is 0 Å². The summed E-state index contributed by atoms with van der Waals surface area (Å²) in [5.74, 6) is -2.73. The van der Waals surface area contributed by atoms with Gasteiger partial charge in [-0.25, -0.2) is 13.2 Å². The summed E-state index contributed by atoms with van der Waals surface area (Å²) in [5, 5.41) is 0. The second-order valence-corrected chi connectivity index (χ2v) is 14.9. The normalized spacial score (nSPS) is 25.3. The maximum absolute atomic E-state index is 14.2. The van der Waals surface area contributed by atoms with Gasteiger partial charge in [0.05, 0.1) is 0 Å². The molecular formula is C29H45F5OSi. The van der Waals surface area contributed by atoms with E-state index in [1.807, 2.05) is 0 Å². The van der Waals surface area contributed by atoms with Crippen LogP contribution in [-0.4, -0.2) is 27.8 Å². The quantitative estimate of drug-likeness (QED) is 0.132. The molecule has 3 rings (SSSR count). The number of benzene rings is 1. The Hall–Kier alpha value is -1.11. The van der Waals surface area contributed by atoms with Crippen LogP contribution in [0.2, 0.25) is 18.1 Å². The lowest BCUT2D eigenvalue weighted by Gasteiger charge is -2.37. The van der Waals surface area contributed by atoms with Gasteiger partial charge in [-0.15, -0.1) is 0 Å². The van der Waals surface area contributed by atoms with Crippen LogP contribution in [0.1, 0.15) is 89.5 Å². The molecule has 1 aromatic carbocycles. The standard InChI is InChI=1S/C29H45F5OSi/c1-2-3-6-17-36-18-15-25(16-19-36)24-12-9-22(10-13-24)7-4-5-8-23-11-14-27(26(30)20-23)35-21-29(33,34)28(31)32/h11,14,20,22,24-25,28,36H,2-10,12-13,15-19,21H2,1H3/t22-,24-,25?,36?. The van der Waals surface area contributed by atoms with E-state index in [1.165, 1.54) is 76.3 Å². The van der Waals surface area contributed by atoms with E-state index >= 15 is 0 Å². The molecule has 0 atom stereocenters. The highest BCUT2D eigenvalue weighted by molar-refractivity contribution is 6.58. The molecule has 1 saturated heterocycles. The molecule has 0 aromatic heterocycles. The Morgan fingerprint density at radius 2 is 1.64 bits per heavy atom. The van der Waals surface area contributed by atoms with Crippen molar-refractivity contribution in [1.82, 2.24) is 0 Å². The highest BCUT2D eigenvalue weighted by atomic mass is 28.3. The van der Waals surface area contributed by atoms with Gasteiger partial charge in [-0.05, 0) is 61.1 Å². The van der Waals surface area contributed by atoms with Gasteiger partial charge in [0.25, 0.3) is 0 Å². The van der Waals surface area contributed by atoms with Crippen molar-refractivity contribution >= 4 is 8.80 Å². The molecule has 2 fully saturated rings. The average Bonchev–Trinajstić information content (AvgIpc) is 2.87. The molecule has 0 spiro atoms. The van der Waals surface area contributed by atoms with Gasteiger partial charge in [-0.2, -0.15) is 8.78 Å². The van der Waals surface area contributed by atoms with Gasteiger partial charge in [0.2, 0.25) is 0 Å². The molecule has 36 heavy (non-hydrogen) atoms. The second kappa shape index (κ2) is 14.7. The fraction of sp³-hybridized carbons (Fsp3) is 0.793. The van der Waals surface area contributed by atoms with Crippen LogP contribution in [0.15, 0.2) is 18.2 Å². The Bertz CT molecular complexity index is 758. The first-order valence-electron chi connectivity index (χ1n) is 14.4. The van der Waals surface area contributed by atoms with E-state index in [-0.39, 0.29) is 0 Å². The van der Waals surface area contributed by atoms with Crippen molar-refractivity contribution in [3.8, 4) is 5.75 Å². The van der Waals surface area contributed by atoms with Crippen molar-refractivity contribution in [2.75, 3.05) is 6.61 Å². The summed E-state index contributed by atoms with van der Waals surface area (Å²) in [6.45, 7) is 0.760. The largest absolute Gasteiger partial charge is 0.484 e. The molecule has 0 bridgehead atoms. The predicted molar refractivity (Wildman–Crippen MR) is 140 cm³/mol. The van der Waals surface area contributed by atoms with Gasteiger partial charge in [0.1, 0.15) is 0 Å². The van der Waals surface area contributed by atoms with E-state index in [1.54, 1.807) is 24.2 Å². The van der Waals surface area contributed by atoms with Crippen LogP contribution in [0.4, 0.5) is 22.0 Å². The summed E-state index contributed by atoms with van der Waals surface area (Å²) in [6, 6.07) is 8.91. The third kappa shape index (κ3) is 9.32. The zero-order chi connectivity index (χ0) is 26.0. The maximum atomic E-state index is 14.2. The summed E-state index contributed by atoms with van der Waals surface area (Å²) >= 11 is 0. The fourth-order valence-electron chi connectivity index (χ4n) is 6.40. The van der Waals surface area contributed by atoms with E-state index in [0.717, 1.165) is 36.2 Å². The van der Waals surface area contributed by atoms with Crippen molar-refractivity contribution in [2.24, 2.45) is 17.8 Å². The van der Waals surface area contributed by atoms with Gasteiger partial charge in [0, 0.05) is 8.80 Å². The van der Waals surface area contributed by atoms with Crippen LogP contribution < -0.4 is 4.74 Å². The number of aryl methyl sites for hydroxylation is 1. The number of ether oxygens (including phenoxy) is 1. The number of alkyl halides is 4. The first-order valence-corrected chi connectivity index (χ1v) is 16.8. The van der Waals surface area contributed by atoms with Crippen LogP contribution in [0, 0.1) is 23.6 Å². The summed E-state index contributed by atoms with van der Waals surface area (Å²) < 4.78 is 69.2. The Morgan fingerprint density at radius 3 is 2.28 bits per heavy atom. The lowest BCUT2D eigenvalue weighted by atomic mass is 9.73. The second-order valence-electron chi connectivity index (χ2n) is 11.4. The van der Waals surface area contributed by atoms with E-state index in [2.05, 4.69) is 11.7 Å². The molecule has 0 amide bonds. The SMILES string of the molecule is CCCCC[SiH]1CCC([C@H]2CC[C@H](CCCCc3ccc(OCC(F)(F)C(F)F)c(F)c3)CC2)CC1. The molecule has 206 valence electrons. The minimum atomic E-state index is -4.29. The Kier molecular flexibility index (Phi) is 12.0. The minimum absolute atomic E-state index is 0.414. The highest BCUT2D eigenvalue weighted by Gasteiger charge is 2.42. The van der Waals surface area contributed by atoms with E-state index in [9.17, 15) is 22.0 Å². The lowest BCUT2D eigenvalue weighted by molar-refractivity contribution is -0.148. The van der Waals surface area contributed by atoms with E-state index in [0.29, 0.717) is 6.42 Å². The van der Waals surface area contributed by atoms with Crippen LogP contribution in [0.5, 0.6) is 5.75 Å². The minimum Gasteiger partial charge on any atom is -0.484 e. The highest BCUT2D eigenvalue weighted by Crippen LogP contribution is 2.42. The monoisotopic (exact) mass is 532 g/mol. The van der Waals surface area contributed by atoms with Crippen LogP contribution in [0.25, 0.3) is 0 Å². The van der Waals surface area contributed by atoms with Gasteiger partial charge in [-0.1, -0.05) is 88.9 Å². The predicted octanol–water partition coefficient (Wildman–Crippen LogP) is 9.45. The molecule has 1 saturated carbocycles. The zero-order valence-electron chi connectivity index (χ0n) is 21.9. The fourth-order valence-corrected chi connectivity index (χ4v) is 9.93. The maximum Gasteiger partial charge on any atom is 0.340 e. The molecule has 1 aliphatic heterocycles. The molecule has 0 unspecified atom stereocenters.